The van der Waals surface area contributed by atoms with Crippen LogP contribution in [0.3, 0.4) is 0 Å². The third kappa shape index (κ3) is 2.13. The minimum absolute atomic E-state index is 0.0537. The van der Waals surface area contributed by atoms with Crippen molar-refractivity contribution in [3.8, 4) is 0 Å². The highest BCUT2D eigenvalue weighted by Gasteiger charge is 2.53. The van der Waals surface area contributed by atoms with Crippen molar-refractivity contribution < 1.29 is 15.3 Å². The third-order valence-corrected chi connectivity index (χ3v) is 5.10. The summed E-state index contributed by atoms with van der Waals surface area (Å²) < 4.78 is 0. The Morgan fingerprint density at radius 1 is 1.28 bits per heavy atom. The molecular formula is C15H26O3. The fourth-order valence-corrected chi connectivity index (χ4v) is 3.58. The lowest BCUT2D eigenvalue weighted by molar-refractivity contribution is -0.112. The fourth-order valence-electron chi connectivity index (χ4n) is 3.58. The molecule has 1 saturated carbocycles. The maximum atomic E-state index is 10.6. The van der Waals surface area contributed by atoms with Crippen LogP contribution in [0.15, 0.2) is 11.6 Å². The molecular weight excluding hydrogens is 228 g/mol. The largest absolute Gasteiger partial charge is 0.390 e. The quantitative estimate of drug-likeness (QED) is 0.626. The molecule has 2 aliphatic carbocycles. The third-order valence-electron chi connectivity index (χ3n) is 5.10. The first-order valence-electron chi connectivity index (χ1n) is 6.99. The maximum absolute atomic E-state index is 10.6. The molecule has 0 aromatic carbocycles. The standard InChI is InChI=1S/C15H26O3/c1-9(2)10-7-12-11(5-6-14(12,3)17)15(4,18)13(16)8-10/h7,9,11-13,16-18H,5-6,8H2,1-4H3/t11-,12-,13+,14+,15+/m1/s1. The van der Waals surface area contributed by atoms with Crippen molar-refractivity contribution in [1.82, 2.24) is 0 Å². The van der Waals surface area contributed by atoms with Crippen LogP contribution >= 0.6 is 0 Å². The summed E-state index contributed by atoms with van der Waals surface area (Å²) in [6.07, 6.45) is 3.34. The van der Waals surface area contributed by atoms with E-state index in [1.807, 2.05) is 6.92 Å². The van der Waals surface area contributed by atoms with Crippen LogP contribution in [0.2, 0.25) is 0 Å². The van der Waals surface area contributed by atoms with Crippen LogP contribution < -0.4 is 0 Å². The SMILES string of the molecule is CC(C)C1=C[C@@H]2[C@@H](CC[C@]2(C)O)[C@](C)(O)[C@@H](O)C1. The zero-order valence-corrected chi connectivity index (χ0v) is 11.8. The van der Waals surface area contributed by atoms with E-state index in [9.17, 15) is 15.3 Å². The number of rotatable bonds is 1. The zero-order chi connectivity index (χ0) is 13.7. The van der Waals surface area contributed by atoms with E-state index >= 15 is 0 Å². The minimum atomic E-state index is -1.11. The molecule has 0 unspecified atom stereocenters. The molecule has 0 saturated heterocycles. The molecule has 3 N–H and O–H groups in total. The van der Waals surface area contributed by atoms with Gasteiger partial charge in [-0.1, -0.05) is 25.5 Å². The van der Waals surface area contributed by atoms with Crippen LogP contribution in [-0.2, 0) is 0 Å². The van der Waals surface area contributed by atoms with Gasteiger partial charge < -0.3 is 15.3 Å². The fraction of sp³-hybridized carbons (Fsp3) is 0.867. The van der Waals surface area contributed by atoms with Crippen LogP contribution in [0, 0.1) is 17.8 Å². The lowest BCUT2D eigenvalue weighted by atomic mass is 9.76. The molecule has 0 aromatic rings. The van der Waals surface area contributed by atoms with Gasteiger partial charge in [-0.15, -0.1) is 0 Å². The van der Waals surface area contributed by atoms with Gasteiger partial charge in [0.15, 0.2) is 0 Å². The average molecular weight is 254 g/mol. The summed E-state index contributed by atoms with van der Waals surface area (Å²) in [7, 11) is 0. The van der Waals surface area contributed by atoms with Gasteiger partial charge in [0.25, 0.3) is 0 Å². The van der Waals surface area contributed by atoms with E-state index < -0.39 is 17.3 Å². The number of hydrogen-bond acceptors (Lipinski definition) is 3. The molecule has 3 heteroatoms. The number of aliphatic hydroxyl groups excluding tert-OH is 1. The van der Waals surface area contributed by atoms with Crippen molar-refractivity contribution in [1.29, 1.82) is 0 Å². The summed E-state index contributed by atoms with van der Waals surface area (Å²) in [5.41, 5.74) is -0.727. The van der Waals surface area contributed by atoms with Gasteiger partial charge in [-0.3, -0.25) is 0 Å². The molecule has 2 rings (SSSR count). The first-order valence-corrected chi connectivity index (χ1v) is 6.99. The number of aliphatic hydroxyl groups is 3. The summed E-state index contributed by atoms with van der Waals surface area (Å²) in [5.74, 6) is 0.228. The first kappa shape index (κ1) is 14.0. The summed E-state index contributed by atoms with van der Waals surface area (Å²) in [6.45, 7) is 7.75. The molecule has 18 heavy (non-hydrogen) atoms. The van der Waals surface area contributed by atoms with Crippen molar-refractivity contribution in [2.45, 2.75) is 64.3 Å². The Hall–Kier alpha value is -0.380. The van der Waals surface area contributed by atoms with Crippen LogP contribution in [0.5, 0.6) is 0 Å². The van der Waals surface area contributed by atoms with Crippen molar-refractivity contribution in [3.05, 3.63) is 11.6 Å². The summed E-state index contributed by atoms with van der Waals surface area (Å²) >= 11 is 0. The van der Waals surface area contributed by atoms with Crippen LogP contribution in [0.4, 0.5) is 0 Å². The Morgan fingerprint density at radius 3 is 2.44 bits per heavy atom. The summed E-state index contributed by atoms with van der Waals surface area (Å²) in [6, 6.07) is 0. The smallest absolute Gasteiger partial charge is 0.0915 e. The zero-order valence-electron chi connectivity index (χ0n) is 11.8. The van der Waals surface area contributed by atoms with Crippen LogP contribution in [-0.4, -0.2) is 32.6 Å². The van der Waals surface area contributed by atoms with Gasteiger partial charge in [0.1, 0.15) is 0 Å². The van der Waals surface area contributed by atoms with E-state index in [4.69, 9.17) is 0 Å². The topological polar surface area (TPSA) is 60.7 Å². The Kier molecular flexibility index (Phi) is 3.37. The molecule has 0 radical (unpaired) electrons. The monoisotopic (exact) mass is 254 g/mol. The van der Waals surface area contributed by atoms with E-state index in [1.165, 1.54) is 0 Å². The lowest BCUT2D eigenvalue weighted by Crippen LogP contribution is -2.48. The average Bonchev–Trinajstić information content (AvgIpc) is 2.47. The number of hydrogen-bond donors (Lipinski definition) is 3. The molecule has 3 nitrogen and oxygen atoms in total. The van der Waals surface area contributed by atoms with Crippen molar-refractivity contribution in [2.75, 3.05) is 0 Å². The highest BCUT2D eigenvalue weighted by Crippen LogP contribution is 2.50. The molecule has 0 heterocycles. The predicted molar refractivity (Wildman–Crippen MR) is 71.0 cm³/mol. The van der Waals surface area contributed by atoms with Crippen molar-refractivity contribution in [2.24, 2.45) is 17.8 Å². The molecule has 104 valence electrons. The van der Waals surface area contributed by atoms with Crippen LogP contribution in [0.25, 0.3) is 0 Å². The van der Waals surface area contributed by atoms with E-state index in [-0.39, 0.29) is 11.8 Å². The Bertz CT molecular complexity index is 355. The Morgan fingerprint density at radius 2 is 1.89 bits per heavy atom. The highest BCUT2D eigenvalue weighted by atomic mass is 16.3. The number of fused-ring (bicyclic) bond motifs is 1. The molecule has 1 fully saturated rings. The second kappa shape index (κ2) is 4.32. The minimum Gasteiger partial charge on any atom is -0.390 e. The highest BCUT2D eigenvalue weighted by molar-refractivity contribution is 5.21. The van der Waals surface area contributed by atoms with Gasteiger partial charge in [-0.05, 0) is 44.9 Å². The lowest BCUT2D eigenvalue weighted by Gasteiger charge is -2.37. The van der Waals surface area contributed by atoms with Gasteiger partial charge in [0.2, 0.25) is 0 Å². The molecule has 5 atom stereocenters. The Balaban J connectivity index is 2.43. The second-order valence-electron chi connectivity index (χ2n) is 6.87. The van der Waals surface area contributed by atoms with E-state index in [1.54, 1.807) is 6.92 Å². The molecule has 0 aliphatic heterocycles. The normalized spacial score (nSPS) is 48.9. The van der Waals surface area contributed by atoms with E-state index in [0.29, 0.717) is 18.8 Å². The molecule has 0 bridgehead atoms. The van der Waals surface area contributed by atoms with Gasteiger partial charge in [-0.2, -0.15) is 0 Å². The molecule has 0 aromatic heterocycles. The van der Waals surface area contributed by atoms with Crippen molar-refractivity contribution >= 4 is 0 Å². The molecule has 0 spiro atoms. The van der Waals surface area contributed by atoms with E-state index in [2.05, 4.69) is 19.9 Å². The van der Waals surface area contributed by atoms with Crippen LogP contribution in [0.1, 0.15) is 47.0 Å². The van der Waals surface area contributed by atoms with Gasteiger partial charge >= 0.3 is 0 Å². The first-order chi connectivity index (χ1) is 8.16. The summed E-state index contributed by atoms with van der Waals surface area (Å²) in [5, 5.41) is 31.4. The van der Waals surface area contributed by atoms with Gasteiger partial charge in [0, 0.05) is 5.92 Å². The van der Waals surface area contributed by atoms with E-state index in [0.717, 1.165) is 12.0 Å². The van der Waals surface area contributed by atoms with Gasteiger partial charge in [0.05, 0.1) is 17.3 Å². The molecule has 0 amide bonds. The molecule has 2 aliphatic rings. The second-order valence-corrected chi connectivity index (χ2v) is 6.87. The van der Waals surface area contributed by atoms with Gasteiger partial charge in [-0.25, -0.2) is 0 Å². The predicted octanol–water partition coefficient (Wildman–Crippen LogP) is 1.86. The summed E-state index contributed by atoms with van der Waals surface area (Å²) in [4.78, 5) is 0. The maximum Gasteiger partial charge on any atom is 0.0915 e. The van der Waals surface area contributed by atoms with Crippen molar-refractivity contribution in [3.63, 3.8) is 0 Å². The Labute approximate surface area is 110 Å².